The van der Waals surface area contributed by atoms with Gasteiger partial charge in [0.15, 0.2) is 6.61 Å². The molecule has 1 heterocycles. The number of ether oxygens (including phenoxy) is 1. The second kappa shape index (κ2) is 7.05. The molecule has 0 aliphatic heterocycles. The zero-order valence-electron chi connectivity index (χ0n) is 12.9. The summed E-state index contributed by atoms with van der Waals surface area (Å²) in [7, 11) is 1.58. The molecule has 8 heteroatoms. The second-order valence-corrected chi connectivity index (χ2v) is 5.53. The van der Waals surface area contributed by atoms with Crippen molar-refractivity contribution in [1.82, 2.24) is 9.88 Å². The molecule has 0 aromatic carbocycles. The number of carbonyl (C=O) groups excluding carboxylic acids is 1. The van der Waals surface area contributed by atoms with Crippen molar-refractivity contribution >= 4 is 11.7 Å². The summed E-state index contributed by atoms with van der Waals surface area (Å²) in [4.78, 5) is 27.6. The first kappa shape index (κ1) is 16.7. The average molecular weight is 318 g/mol. The van der Waals surface area contributed by atoms with Crippen LogP contribution in [0.15, 0.2) is 18.3 Å². The molecule has 1 fully saturated rings. The largest absolute Gasteiger partial charge is 0.476 e. The van der Waals surface area contributed by atoms with Gasteiger partial charge in [0.05, 0.1) is 6.07 Å². The van der Waals surface area contributed by atoms with Gasteiger partial charge in [-0.15, -0.1) is 0 Å². The van der Waals surface area contributed by atoms with Gasteiger partial charge in [-0.25, -0.2) is 0 Å². The molecule has 2 rings (SSSR count). The van der Waals surface area contributed by atoms with Gasteiger partial charge in [-0.2, -0.15) is 5.26 Å². The number of carbonyl (C=O) groups is 1. The minimum atomic E-state index is -0.806. The zero-order valence-corrected chi connectivity index (χ0v) is 12.9. The van der Waals surface area contributed by atoms with E-state index in [2.05, 4.69) is 11.1 Å². The number of nitro groups is 1. The van der Waals surface area contributed by atoms with E-state index in [1.165, 1.54) is 23.2 Å². The van der Waals surface area contributed by atoms with Gasteiger partial charge in [0.25, 0.3) is 5.91 Å². The van der Waals surface area contributed by atoms with E-state index in [-0.39, 0.29) is 18.3 Å². The highest BCUT2D eigenvalue weighted by molar-refractivity contribution is 5.79. The van der Waals surface area contributed by atoms with Crippen LogP contribution in [0, 0.1) is 21.4 Å². The molecule has 0 bridgehead atoms. The van der Waals surface area contributed by atoms with E-state index in [4.69, 9.17) is 4.74 Å². The molecule has 1 amide bonds. The standard InChI is InChI=1S/C15H18N4O4/c1-18(15(11-16)7-3-2-4-8-15)13(20)10-23-12-6-5-9-17-14(12)19(21)22/h5-6,9H,2-4,7-8,10H2,1H3. The van der Waals surface area contributed by atoms with Gasteiger partial charge in [0, 0.05) is 7.05 Å². The molecule has 1 aromatic heterocycles. The van der Waals surface area contributed by atoms with E-state index in [0.717, 1.165) is 19.3 Å². The van der Waals surface area contributed by atoms with Crippen molar-refractivity contribution in [3.8, 4) is 11.8 Å². The lowest BCUT2D eigenvalue weighted by atomic mass is 9.81. The Balaban J connectivity index is 2.05. The van der Waals surface area contributed by atoms with Crippen molar-refractivity contribution in [3.63, 3.8) is 0 Å². The summed E-state index contributed by atoms with van der Waals surface area (Å²) >= 11 is 0. The first-order valence-electron chi connectivity index (χ1n) is 7.40. The molecule has 0 spiro atoms. The molecule has 0 unspecified atom stereocenters. The lowest BCUT2D eigenvalue weighted by molar-refractivity contribution is -0.390. The van der Waals surface area contributed by atoms with Crippen LogP contribution in [-0.2, 0) is 4.79 Å². The molecular weight excluding hydrogens is 300 g/mol. The maximum absolute atomic E-state index is 12.3. The van der Waals surface area contributed by atoms with Crippen LogP contribution in [0.4, 0.5) is 5.82 Å². The molecule has 0 atom stereocenters. The molecule has 0 radical (unpaired) electrons. The van der Waals surface area contributed by atoms with Crippen LogP contribution in [0.2, 0.25) is 0 Å². The van der Waals surface area contributed by atoms with Gasteiger partial charge in [-0.05, 0) is 34.9 Å². The Hall–Kier alpha value is -2.69. The van der Waals surface area contributed by atoms with Crippen LogP contribution in [0.3, 0.4) is 0 Å². The maximum atomic E-state index is 12.3. The number of nitrogens with zero attached hydrogens (tertiary/aromatic N) is 4. The first-order chi connectivity index (χ1) is 11.0. The minimum Gasteiger partial charge on any atom is -0.476 e. The van der Waals surface area contributed by atoms with Gasteiger partial charge < -0.3 is 19.8 Å². The molecule has 23 heavy (non-hydrogen) atoms. The summed E-state index contributed by atoms with van der Waals surface area (Å²) in [5, 5.41) is 20.3. The monoisotopic (exact) mass is 318 g/mol. The van der Waals surface area contributed by atoms with Crippen molar-refractivity contribution in [1.29, 1.82) is 5.26 Å². The minimum absolute atomic E-state index is 0.0612. The number of pyridine rings is 1. The van der Waals surface area contributed by atoms with Crippen molar-refractivity contribution in [2.75, 3.05) is 13.7 Å². The Morgan fingerprint density at radius 1 is 1.52 bits per heavy atom. The molecule has 1 aromatic rings. The fourth-order valence-corrected chi connectivity index (χ4v) is 2.77. The number of rotatable bonds is 5. The van der Waals surface area contributed by atoms with E-state index in [1.54, 1.807) is 7.05 Å². The normalized spacial score (nSPS) is 16.2. The lowest BCUT2D eigenvalue weighted by Gasteiger charge is -2.38. The number of nitriles is 1. The third-order valence-electron chi connectivity index (χ3n) is 4.18. The third-order valence-corrected chi connectivity index (χ3v) is 4.18. The Labute approximate surface area is 133 Å². The van der Waals surface area contributed by atoms with Crippen molar-refractivity contribution in [2.45, 2.75) is 37.6 Å². The van der Waals surface area contributed by atoms with E-state index in [9.17, 15) is 20.2 Å². The molecule has 1 aliphatic carbocycles. The number of likely N-dealkylation sites (N-methyl/N-ethyl adjacent to an activating group) is 1. The SMILES string of the molecule is CN(C(=O)COc1cccnc1[N+](=O)[O-])C1(C#N)CCCCC1. The van der Waals surface area contributed by atoms with Crippen LogP contribution < -0.4 is 4.74 Å². The van der Waals surface area contributed by atoms with E-state index in [1.807, 2.05) is 0 Å². The van der Waals surface area contributed by atoms with E-state index >= 15 is 0 Å². The highest BCUT2D eigenvalue weighted by Gasteiger charge is 2.39. The molecule has 1 aliphatic rings. The van der Waals surface area contributed by atoms with E-state index < -0.39 is 16.3 Å². The molecule has 0 saturated heterocycles. The number of hydrogen-bond acceptors (Lipinski definition) is 6. The summed E-state index contributed by atoms with van der Waals surface area (Å²) < 4.78 is 5.26. The number of aromatic nitrogens is 1. The Morgan fingerprint density at radius 2 is 2.22 bits per heavy atom. The Kier molecular flexibility index (Phi) is 5.11. The summed E-state index contributed by atoms with van der Waals surface area (Å²) in [5.41, 5.74) is -0.806. The Bertz CT molecular complexity index is 635. The van der Waals surface area contributed by atoms with Crippen LogP contribution in [0.25, 0.3) is 0 Å². The summed E-state index contributed by atoms with van der Waals surface area (Å²) in [5.74, 6) is -0.879. The van der Waals surface area contributed by atoms with Crippen molar-refractivity contribution in [3.05, 3.63) is 28.4 Å². The zero-order chi connectivity index (χ0) is 16.9. The van der Waals surface area contributed by atoms with Crippen LogP contribution in [-0.4, -0.2) is 39.9 Å². The highest BCUT2D eigenvalue weighted by Crippen LogP contribution is 2.32. The highest BCUT2D eigenvalue weighted by atomic mass is 16.6. The summed E-state index contributed by atoms with van der Waals surface area (Å²) in [6, 6.07) is 5.14. The van der Waals surface area contributed by atoms with Crippen LogP contribution in [0.1, 0.15) is 32.1 Å². The van der Waals surface area contributed by atoms with Crippen molar-refractivity contribution < 1.29 is 14.5 Å². The number of amides is 1. The predicted molar refractivity (Wildman–Crippen MR) is 80.6 cm³/mol. The summed E-state index contributed by atoms with van der Waals surface area (Å²) in [6.45, 7) is -0.369. The van der Waals surface area contributed by atoms with Gasteiger partial charge in [0.1, 0.15) is 11.7 Å². The molecular formula is C15H18N4O4. The Morgan fingerprint density at radius 3 is 2.83 bits per heavy atom. The number of hydrogen-bond donors (Lipinski definition) is 0. The smallest absolute Gasteiger partial charge is 0.406 e. The van der Waals surface area contributed by atoms with Gasteiger partial charge in [-0.3, -0.25) is 4.79 Å². The van der Waals surface area contributed by atoms with Crippen molar-refractivity contribution in [2.24, 2.45) is 0 Å². The maximum Gasteiger partial charge on any atom is 0.406 e. The average Bonchev–Trinajstić information content (AvgIpc) is 2.59. The quantitative estimate of drug-likeness (QED) is 0.607. The van der Waals surface area contributed by atoms with Gasteiger partial charge >= 0.3 is 5.82 Å². The topological polar surface area (TPSA) is 109 Å². The van der Waals surface area contributed by atoms with Crippen LogP contribution in [0.5, 0.6) is 5.75 Å². The predicted octanol–water partition coefficient (Wildman–Crippen LogP) is 2.05. The summed E-state index contributed by atoms with van der Waals surface area (Å²) in [6.07, 6.45) is 5.42. The lowest BCUT2D eigenvalue weighted by Crippen LogP contribution is -2.51. The van der Waals surface area contributed by atoms with E-state index in [0.29, 0.717) is 12.8 Å². The molecule has 122 valence electrons. The molecule has 8 nitrogen and oxygen atoms in total. The third kappa shape index (κ3) is 3.56. The first-order valence-corrected chi connectivity index (χ1v) is 7.40. The fourth-order valence-electron chi connectivity index (χ4n) is 2.77. The van der Waals surface area contributed by atoms with Gasteiger partial charge in [0.2, 0.25) is 5.75 Å². The molecule has 0 N–H and O–H groups in total. The van der Waals surface area contributed by atoms with Crippen LogP contribution >= 0.6 is 0 Å². The second-order valence-electron chi connectivity index (χ2n) is 5.53. The van der Waals surface area contributed by atoms with Gasteiger partial charge in [-0.1, -0.05) is 19.3 Å². The fraction of sp³-hybridized carbons (Fsp3) is 0.533. The molecule has 1 saturated carbocycles.